The number of thioether (sulfide) groups is 1. The van der Waals surface area contributed by atoms with Crippen LogP contribution >= 0.6 is 23.4 Å². The summed E-state index contributed by atoms with van der Waals surface area (Å²) >= 11 is 7.99. The fourth-order valence-corrected chi connectivity index (χ4v) is 2.90. The first-order valence-electron chi connectivity index (χ1n) is 6.14. The van der Waals surface area contributed by atoms with Gasteiger partial charge in [-0.25, -0.2) is 0 Å². The van der Waals surface area contributed by atoms with Gasteiger partial charge in [0.2, 0.25) is 0 Å². The second-order valence-corrected chi connectivity index (χ2v) is 5.78. The Morgan fingerprint density at radius 3 is 3.22 bits per heavy atom. The van der Waals surface area contributed by atoms with E-state index < -0.39 is 0 Å². The molecular formula is C14H18ClNOS. The largest absolute Gasteiger partial charge is 0.493 e. The smallest absolute Gasteiger partial charge is 0.127 e. The van der Waals surface area contributed by atoms with Crippen LogP contribution < -0.4 is 10.1 Å². The third kappa shape index (κ3) is 3.67. The molecule has 1 N–H and O–H groups in total. The number of hydrogen-bond acceptors (Lipinski definition) is 3. The van der Waals surface area contributed by atoms with E-state index in [1.807, 2.05) is 30.0 Å². The Bertz CT molecular complexity index is 423. The second kappa shape index (κ2) is 7.07. The minimum absolute atomic E-state index is 0.776. The average molecular weight is 284 g/mol. The molecule has 98 valence electrons. The molecule has 2 nitrogen and oxygen atoms in total. The van der Waals surface area contributed by atoms with Crippen LogP contribution in [0.1, 0.15) is 11.1 Å². The topological polar surface area (TPSA) is 21.3 Å². The Labute approximate surface area is 118 Å². The maximum absolute atomic E-state index is 6.11. The van der Waals surface area contributed by atoms with E-state index in [9.17, 15) is 0 Å². The Balaban J connectivity index is 1.84. The molecular weight excluding hydrogens is 266 g/mol. The van der Waals surface area contributed by atoms with Crippen molar-refractivity contribution in [3.8, 4) is 5.75 Å². The van der Waals surface area contributed by atoms with E-state index >= 15 is 0 Å². The minimum Gasteiger partial charge on any atom is -0.493 e. The number of fused-ring (bicyclic) bond motifs is 1. The van der Waals surface area contributed by atoms with Crippen molar-refractivity contribution >= 4 is 23.4 Å². The van der Waals surface area contributed by atoms with Gasteiger partial charge in [-0.1, -0.05) is 17.7 Å². The molecule has 0 unspecified atom stereocenters. The third-order valence-electron chi connectivity index (χ3n) is 2.80. The highest BCUT2D eigenvalue weighted by atomic mass is 35.5. The van der Waals surface area contributed by atoms with Crippen LogP contribution in [0.4, 0.5) is 0 Å². The molecule has 0 amide bonds. The normalized spacial score (nSPS) is 13.2. The molecule has 2 rings (SSSR count). The molecule has 0 fully saturated rings. The summed E-state index contributed by atoms with van der Waals surface area (Å²) in [4.78, 5) is 0. The van der Waals surface area contributed by atoms with Crippen LogP contribution in [-0.2, 0) is 13.0 Å². The summed E-state index contributed by atoms with van der Waals surface area (Å²) in [6.07, 6.45) is 2.90. The van der Waals surface area contributed by atoms with Gasteiger partial charge in [0, 0.05) is 41.6 Å². The van der Waals surface area contributed by atoms with Crippen molar-refractivity contribution in [2.24, 2.45) is 0 Å². The zero-order chi connectivity index (χ0) is 12.8. The summed E-state index contributed by atoms with van der Waals surface area (Å²) in [6.45, 7) is 6.28. The molecule has 0 aliphatic carbocycles. The van der Waals surface area contributed by atoms with E-state index in [4.69, 9.17) is 16.3 Å². The van der Waals surface area contributed by atoms with E-state index in [0.29, 0.717) is 0 Å². The summed E-state index contributed by atoms with van der Waals surface area (Å²) < 4.78 is 5.66. The van der Waals surface area contributed by atoms with Crippen molar-refractivity contribution < 1.29 is 4.74 Å². The molecule has 0 radical (unpaired) electrons. The summed E-state index contributed by atoms with van der Waals surface area (Å²) in [5, 5.41) is 4.23. The van der Waals surface area contributed by atoms with Crippen LogP contribution in [-0.4, -0.2) is 24.7 Å². The molecule has 18 heavy (non-hydrogen) atoms. The Kier molecular flexibility index (Phi) is 5.42. The molecule has 0 spiro atoms. The van der Waals surface area contributed by atoms with Crippen LogP contribution in [0.15, 0.2) is 24.8 Å². The van der Waals surface area contributed by atoms with Crippen molar-refractivity contribution in [2.75, 3.05) is 24.7 Å². The highest BCUT2D eigenvalue weighted by Crippen LogP contribution is 2.32. The molecule has 0 bridgehead atoms. The monoisotopic (exact) mass is 283 g/mol. The van der Waals surface area contributed by atoms with E-state index in [0.717, 1.165) is 48.4 Å². The van der Waals surface area contributed by atoms with Crippen molar-refractivity contribution in [1.82, 2.24) is 5.32 Å². The zero-order valence-corrected chi connectivity index (χ0v) is 11.9. The number of benzene rings is 1. The summed E-state index contributed by atoms with van der Waals surface area (Å²) in [6, 6.07) is 4.00. The highest BCUT2D eigenvalue weighted by molar-refractivity contribution is 7.99. The van der Waals surface area contributed by atoms with E-state index in [1.165, 1.54) is 11.1 Å². The van der Waals surface area contributed by atoms with Gasteiger partial charge < -0.3 is 10.1 Å². The molecule has 0 saturated carbocycles. The summed E-state index contributed by atoms with van der Waals surface area (Å²) in [5.41, 5.74) is 2.41. The van der Waals surface area contributed by atoms with Crippen LogP contribution in [0.2, 0.25) is 5.02 Å². The van der Waals surface area contributed by atoms with Gasteiger partial charge in [-0.15, -0.1) is 6.58 Å². The zero-order valence-electron chi connectivity index (χ0n) is 10.4. The van der Waals surface area contributed by atoms with Crippen LogP contribution in [0, 0.1) is 0 Å². The van der Waals surface area contributed by atoms with Gasteiger partial charge in [0.05, 0.1) is 6.61 Å². The van der Waals surface area contributed by atoms with Crippen LogP contribution in [0.5, 0.6) is 5.75 Å². The number of hydrogen-bond donors (Lipinski definition) is 1. The lowest BCUT2D eigenvalue weighted by Gasteiger charge is -2.10. The standard InChI is InChI=1S/C14H18ClNOS/c1-2-6-18-7-4-16-10-12-9-13(15)8-11-3-5-17-14(11)12/h2,8-9,16H,1,3-7,10H2. The number of nitrogens with one attached hydrogen (secondary N) is 1. The lowest BCUT2D eigenvalue weighted by Crippen LogP contribution is -2.17. The predicted octanol–water partition coefficient (Wildman–Crippen LogP) is 3.28. The van der Waals surface area contributed by atoms with Gasteiger partial charge in [0.25, 0.3) is 0 Å². The molecule has 1 aromatic rings. The van der Waals surface area contributed by atoms with E-state index in [2.05, 4.69) is 11.9 Å². The number of ether oxygens (including phenoxy) is 1. The molecule has 1 aliphatic heterocycles. The summed E-state index contributed by atoms with van der Waals surface area (Å²) in [5.74, 6) is 3.14. The predicted molar refractivity (Wildman–Crippen MR) is 79.9 cm³/mol. The first kappa shape index (κ1) is 13.8. The molecule has 1 heterocycles. The van der Waals surface area contributed by atoms with Crippen molar-refractivity contribution in [3.63, 3.8) is 0 Å². The minimum atomic E-state index is 0.776. The van der Waals surface area contributed by atoms with Gasteiger partial charge in [-0.2, -0.15) is 11.8 Å². The molecule has 1 aliphatic rings. The maximum Gasteiger partial charge on any atom is 0.127 e. The average Bonchev–Trinajstić information content (AvgIpc) is 2.81. The Morgan fingerprint density at radius 1 is 1.50 bits per heavy atom. The molecule has 1 aromatic carbocycles. The van der Waals surface area contributed by atoms with E-state index in [-0.39, 0.29) is 0 Å². The van der Waals surface area contributed by atoms with Gasteiger partial charge in [-0.3, -0.25) is 0 Å². The van der Waals surface area contributed by atoms with Crippen LogP contribution in [0.3, 0.4) is 0 Å². The van der Waals surface area contributed by atoms with E-state index in [1.54, 1.807) is 0 Å². The lowest BCUT2D eigenvalue weighted by molar-refractivity contribution is 0.352. The Hall–Kier alpha value is -0.640. The maximum atomic E-state index is 6.11. The number of rotatable bonds is 7. The lowest BCUT2D eigenvalue weighted by atomic mass is 10.1. The first-order chi connectivity index (χ1) is 8.81. The first-order valence-corrected chi connectivity index (χ1v) is 7.68. The van der Waals surface area contributed by atoms with Gasteiger partial charge in [0.15, 0.2) is 0 Å². The fourth-order valence-electron chi connectivity index (χ4n) is 2.01. The van der Waals surface area contributed by atoms with Crippen LogP contribution in [0.25, 0.3) is 0 Å². The Morgan fingerprint density at radius 2 is 2.39 bits per heavy atom. The van der Waals surface area contributed by atoms with Gasteiger partial charge in [-0.05, 0) is 17.7 Å². The van der Waals surface area contributed by atoms with Gasteiger partial charge >= 0.3 is 0 Å². The molecule has 0 saturated heterocycles. The second-order valence-electron chi connectivity index (χ2n) is 4.19. The third-order valence-corrected chi connectivity index (χ3v) is 3.98. The fraction of sp³-hybridized carbons (Fsp3) is 0.429. The molecule has 4 heteroatoms. The van der Waals surface area contributed by atoms with Crippen molar-refractivity contribution in [1.29, 1.82) is 0 Å². The summed E-state index contributed by atoms with van der Waals surface area (Å²) in [7, 11) is 0. The SMILES string of the molecule is C=CCSCCNCc1cc(Cl)cc2c1OCC2. The molecule has 0 atom stereocenters. The number of halogens is 1. The quantitative estimate of drug-likeness (QED) is 0.613. The van der Waals surface area contributed by atoms with Gasteiger partial charge in [0.1, 0.15) is 5.75 Å². The van der Waals surface area contributed by atoms with Crippen molar-refractivity contribution in [3.05, 3.63) is 40.9 Å². The molecule has 0 aromatic heterocycles. The van der Waals surface area contributed by atoms with Crippen molar-refractivity contribution in [2.45, 2.75) is 13.0 Å². The highest BCUT2D eigenvalue weighted by Gasteiger charge is 2.16.